The number of allylic oxidation sites excluding steroid dienone is 3. The van der Waals surface area contributed by atoms with Gasteiger partial charge in [0.15, 0.2) is 0 Å². The number of carbonyl (C=O) groups is 1. The van der Waals surface area contributed by atoms with Gasteiger partial charge < -0.3 is 14.9 Å². The minimum Gasteiger partial charge on any atom is -0.507 e. The average molecular weight is 348 g/mol. The third-order valence-electron chi connectivity index (χ3n) is 5.32. The zero-order chi connectivity index (χ0) is 18.4. The summed E-state index contributed by atoms with van der Waals surface area (Å²) in [7, 11) is 0. The lowest BCUT2D eigenvalue weighted by Crippen LogP contribution is -2.25. The van der Waals surface area contributed by atoms with Crippen LogP contribution >= 0.6 is 0 Å². The number of benzene rings is 2. The Bertz CT molecular complexity index is 955. The molecule has 2 N–H and O–H groups in total. The molecule has 2 atom stereocenters. The van der Waals surface area contributed by atoms with E-state index < -0.39 is 5.97 Å². The standard InChI is InChI=1S/C22H20O4/c1-12-7-8-15-13(2)26-20-11-14(10-19(23)21(20)18(15)9-12)16-5-3-4-6-17(16)22(24)25/h3-6,9-11,15,18,23H,2,7-8H2,1H3,(H,24,25)/t15-,18?/m0/s1. The molecule has 4 nitrogen and oxygen atoms in total. The van der Waals surface area contributed by atoms with E-state index >= 15 is 0 Å². The van der Waals surface area contributed by atoms with Crippen LogP contribution in [0.3, 0.4) is 0 Å². The van der Waals surface area contributed by atoms with Crippen LogP contribution in [0, 0.1) is 5.92 Å². The van der Waals surface area contributed by atoms with Gasteiger partial charge in [0.1, 0.15) is 17.3 Å². The van der Waals surface area contributed by atoms with E-state index in [1.54, 1.807) is 36.4 Å². The molecule has 4 heteroatoms. The lowest BCUT2D eigenvalue weighted by Gasteiger charge is -2.37. The van der Waals surface area contributed by atoms with Crippen molar-refractivity contribution in [3.05, 3.63) is 71.5 Å². The van der Waals surface area contributed by atoms with Gasteiger partial charge in [-0.3, -0.25) is 0 Å². The predicted octanol–water partition coefficient (Wildman–Crippen LogP) is 5.10. The van der Waals surface area contributed by atoms with E-state index in [9.17, 15) is 15.0 Å². The SMILES string of the molecule is C=C1Oc2cc(-c3ccccc3C(=O)O)cc(O)c2C2C=C(C)CC[C@@H]12. The highest BCUT2D eigenvalue weighted by atomic mass is 16.5. The molecule has 0 aromatic heterocycles. The molecule has 2 aromatic rings. The minimum absolute atomic E-state index is 0.0452. The maximum absolute atomic E-state index is 11.5. The normalized spacial score (nSPS) is 21.3. The molecule has 0 saturated carbocycles. The van der Waals surface area contributed by atoms with Gasteiger partial charge in [0.05, 0.1) is 5.56 Å². The van der Waals surface area contributed by atoms with Crippen LogP contribution in [0.25, 0.3) is 11.1 Å². The number of carboxylic acid groups (broad SMARTS) is 1. The minimum atomic E-state index is -1.01. The number of carboxylic acids is 1. The van der Waals surface area contributed by atoms with Crippen LogP contribution in [0.1, 0.15) is 41.6 Å². The van der Waals surface area contributed by atoms with E-state index in [1.807, 2.05) is 0 Å². The second kappa shape index (κ2) is 6.06. The van der Waals surface area contributed by atoms with Crippen LogP contribution in [0.2, 0.25) is 0 Å². The molecule has 26 heavy (non-hydrogen) atoms. The number of fused-ring (bicyclic) bond motifs is 3. The molecule has 0 amide bonds. The largest absolute Gasteiger partial charge is 0.507 e. The third kappa shape index (κ3) is 2.58. The Morgan fingerprint density at radius 3 is 2.81 bits per heavy atom. The zero-order valence-corrected chi connectivity index (χ0v) is 14.5. The summed E-state index contributed by atoms with van der Waals surface area (Å²) in [6.45, 7) is 6.17. The first-order chi connectivity index (χ1) is 12.5. The summed E-state index contributed by atoms with van der Waals surface area (Å²) in [5.41, 5.74) is 3.41. The summed E-state index contributed by atoms with van der Waals surface area (Å²) in [4.78, 5) is 11.5. The molecule has 1 aliphatic heterocycles. The molecule has 0 saturated heterocycles. The Labute approximate surface area is 152 Å². The van der Waals surface area contributed by atoms with Gasteiger partial charge in [-0.25, -0.2) is 4.79 Å². The van der Waals surface area contributed by atoms with Crippen molar-refractivity contribution < 1.29 is 19.7 Å². The van der Waals surface area contributed by atoms with E-state index in [0.717, 1.165) is 18.4 Å². The first-order valence-corrected chi connectivity index (χ1v) is 8.69. The number of aromatic hydroxyl groups is 1. The molecule has 132 valence electrons. The Morgan fingerprint density at radius 2 is 2.04 bits per heavy atom. The second-order valence-electron chi connectivity index (χ2n) is 7.01. The van der Waals surface area contributed by atoms with E-state index in [4.69, 9.17) is 4.74 Å². The molecule has 0 fully saturated rings. The fraction of sp³-hybridized carbons (Fsp3) is 0.227. The van der Waals surface area contributed by atoms with Crippen LogP contribution in [0.4, 0.5) is 0 Å². The van der Waals surface area contributed by atoms with Crippen LogP contribution in [-0.4, -0.2) is 16.2 Å². The number of phenolic OH excluding ortho intramolecular Hbond substituents is 1. The molecular weight excluding hydrogens is 328 g/mol. The first-order valence-electron chi connectivity index (χ1n) is 8.69. The van der Waals surface area contributed by atoms with Gasteiger partial charge in [0.25, 0.3) is 0 Å². The van der Waals surface area contributed by atoms with Crippen molar-refractivity contribution in [2.24, 2.45) is 5.92 Å². The van der Waals surface area contributed by atoms with Crippen molar-refractivity contribution in [2.75, 3.05) is 0 Å². The fourth-order valence-corrected chi connectivity index (χ4v) is 4.04. The van der Waals surface area contributed by atoms with Crippen LogP contribution < -0.4 is 4.74 Å². The summed E-state index contributed by atoms with van der Waals surface area (Å²) in [5.74, 6) is 0.588. The molecule has 2 aromatic carbocycles. The van der Waals surface area contributed by atoms with Gasteiger partial charge in [-0.2, -0.15) is 0 Å². The van der Waals surface area contributed by atoms with Gasteiger partial charge in [0, 0.05) is 17.4 Å². The van der Waals surface area contributed by atoms with Crippen molar-refractivity contribution in [1.29, 1.82) is 0 Å². The quantitative estimate of drug-likeness (QED) is 0.741. The fourth-order valence-electron chi connectivity index (χ4n) is 4.04. The molecule has 0 spiro atoms. The molecule has 1 unspecified atom stereocenters. The number of rotatable bonds is 2. The summed E-state index contributed by atoms with van der Waals surface area (Å²) < 4.78 is 5.95. The second-order valence-corrected chi connectivity index (χ2v) is 7.01. The van der Waals surface area contributed by atoms with Crippen LogP contribution in [-0.2, 0) is 0 Å². The summed E-state index contributed by atoms with van der Waals surface area (Å²) in [6.07, 6.45) is 4.14. The van der Waals surface area contributed by atoms with Gasteiger partial charge in [-0.1, -0.05) is 36.4 Å². The number of hydrogen-bond acceptors (Lipinski definition) is 3. The summed E-state index contributed by atoms with van der Waals surface area (Å²) in [5, 5.41) is 20.2. The van der Waals surface area contributed by atoms with E-state index in [-0.39, 0.29) is 23.1 Å². The third-order valence-corrected chi connectivity index (χ3v) is 5.32. The van der Waals surface area contributed by atoms with E-state index in [1.165, 1.54) is 5.57 Å². The Balaban J connectivity index is 1.88. The zero-order valence-electron chi connectivity index (χ0n) is 14.5. The topological polar surface area (TPSA) is 66.8 Å². The number of phenols is 1. The molecule has 0 bridgehead atoms. The predicted molar refractivity (Wildman–Crippen MR) is 99.5 cm³/mol. The Morgan fingerprint density at radius 1 is 1.27 bits per heavy atom. The maximum atomic E-state index is 11.5. The average Bonchev–Trinajstić information content (AvgIpc) is 2.61. The van der Waals surface area contributed by atoms with Crippen molar-refractivity contribution in [3.8, 4) is 22.6 Å². The van der Waals surface area contributed by atoms with Crippen molar-refractivity contribution >= 4 is 5.97 Å². The van der Waals surface area contributed by atoms with Crippen LogP contribution in [0.15, 0.2) is 60.4 Å². The van der Waals surface area contributed by atoms with Crippen molar-refractivity contribution in [1.82, 2.24) is 0 Å². The maximum Gasteiger partial charge on any atom is 0.336 e. The molecule has 4 rings (SSSR count). The molecule has 1 heterocycles. The Kier molecular flexibility index (Phi) is 3.83. The number of aromatic carboxylic acids is 1. The number of ether oxygens (including phenoxy) is 1. The van der Waals surface area contributed by atoms with E-state index in [0.29, 0.717) is 22.6 Å². The van der Waals surface area contributed by atoms with Crippen molar-refractivity contribution in [2.45, 2.75) is 25.7 Å². The van der Waals surface area contributed by atoms with Crippen molar-refractivity contribution in [3.63, 3.8) is 0 Å². The monoisotopic (exact) mass is 348 g/mol. The summed E-state index contributed by atoms with van der Waals surface area (Å²) >= 11 is 0. The summed E-state index contributed by atoms with van der Waals surface area (Å²) in [6, 6.07) is 10.2. The number of hydrogen-bond donors (Lipinski definition) is 2. The van der Waals surface area contributed by atoms with Gasteiger partial charge in [0.2, 0.25) is 0 Å². The first kappa shape index (κ1) is 16.5. The lowest BCUT2D eigenvalue weighted by atomic mass is 9.74. The molecule has 2 aliphatic rings. The van der Waals surface area contributed by atoms with Gasteiger partial charge in [-0.05, 0) is 49.1 Å². The Hall–Kier alpha value is -3.01. The highest BCUT2D eigenvalue weighted by Crippen LogP contribution is 2.52. The molecule has 1 aliphatic carbocycles. The highest BCUT2D eigenvalue weighted by molar-refractivity contribution is 5.96. The molecule has 0 radical (unpaired) electrons. The molecular formula is C22H20O4. The highest BCUT2D eigenvalue weighted by Gasteiger charge is 2.37. The smallest absolute Gasteiger partial charge is 0.336 e. The van der Waals surface area contributed by atoms with Gasteiger partial charge in [-0.15, -0.1) is 0 Å². The van der Waals surface area contributed by atoms with E-state index in [2.05, 4.69) is 19.6 Å². The van der Waals surface area contributed by atoms with Gasteiger partial charge >= 0.3 is 5.97 Å². The lowest BCUT2D eigenvalue weighted by molar-refractivity contribution is 0.0697. The van der Waals surface area contributed by atoms with Crippen LogP contribution in [0.5, 0.6) is 11.5 Å².